The van der Waals surface area contributed by atoms with Gasteiger partial charge in [-0.05, 0) is 48.6 Å². The number of benzene rings is 1. The molecule has 0 aliphatic heterocycles. The summed E-state index contributed by atoms with van der Waals surface area (Å²) < 4.78 is 0. The number of nitrogens with one attached hydrogen (secondary N) is 2. The minimum atomic E-state index is 0.303. The Bertz CT molecular complexity index is 641. The Morgan fingerprint density at radius 1 is 1.04 bits per heavy atom. The Balaban J connectivity index is 1.63. The smallest absolute Gasteiger partial charge is 0.190 e. The van der Waals surface area contributed by atoms with Crippen LogP contribution in [0.3, 0.4) is 0 Å². The van der Waals surface area contributed by atoms with Gasteiger partial charge >= 0.3 is 0 Å². The van der Waals surface area contributed by atoms with Gasteiger partial charge in [0.1, 0.15) is 10.9 Å². The van der Waals surface area contributed by atoms with Crippen molar-refractivity contribution >= 4 is 17.6 Å². The van der Waals surface area contributed by atoms with Crippen molar-refractivity contribution < 1.29 is 5.11 Å². The highest BCUT2D eigenvalue weighted by Crippen LogP contribution is 2.10. The van der Waals surface area contributed by atoms with Crippen LogP contribution in [0, 0.1) is 0 Å². The van der Waals surface area contributed by atoms with Crippen molar-refractivity contribution in [2.24, 2.45) is 4.99 Å². The zero-order chi connectivity index (χ0) is 17.2. The number of aromatic nitrogens is 1. The second-order valence-corrected chi connectivity index (χ2v) is 5.82. The van der Waals surface area contributed by atoms with Crippen molar-refractivity contribution in [1.29, 1.82) is 0 Å². The number of halogens is 1. The van der Waals surface area contributed by atoms with E-state index in [1.54, 1.807) is 31.4 Å². The van der Waals surface area contributed by atoms with Gasteiger partial charge in [0.2, 0.25) is 0 Å². The molecule has 0 aliphatic rings. The fourth-order valence-electron chi connectivity index (χ4n) is 2.26. The van der Waals surface area contributed by atoms with E-state index in [0.717, 1.165) is 43.9 Å². The maximum Gasteiger partial charge on any atom is 0.190 e. The quantitative estimate of drug-likeness (QED) is 0.312. The number of guanidine groups is 1. The van der Waals surface area contributed by atoms with E-state index in [2.05, 4.69) is 20.6 Å². The Morgan fingerprint density at radius 3 is 2.42 bits per heavy atom. The molecule has 5 nitrogen and oxygen atoms in total. The van der Waals surface area contributed by atoms with E-state index < -0.39 is 0 Å². The summed E-state index contributed by atoms with van der Waals surface area (Å²) in [6.07, 6.45) is 4.60. The molecular weight excluding hydrogens is 324 g/mol. The molecule has 0 saturated heterocycles. The van der Waals surface area contributed by atoms with Crippen molar-refractivity contribution in [2.45, 2.75) is 19.3 Å². The van der Waals surface area contributed by atoms with E-state index in [9.17, 15) is 5.11 Å². The summed E-state index contributed by atoms with van der Waals surface area (Å²) in [5.74, 6) is 1.10. The van der Waals surface area contributed by atoms with Crippen LogP contribution in [0.2, 0.25) is 5.15 Å². The second-order valence-electron chi connectivity index (χ2n) is 5.43. The van der Waals surface area contributed by atoms with Crippen LogP contribution in [-0.2, 0) is 12.8 Å². The van der Waals surface area contributed by atoms with Gasteiger partial charge in [-0.1, -0.05) is 29.8 Å². The topological polar surface area (TPSA) is 69.5 Å². The Morgan fingerprint density at radius 2 is 1.75 bits per heavy atom. The SMILES string of the molecule is CN=C(NCCCc1ccc(O)cc1)NCCc1ccc(Cl)nc1. The largest absolute Gasteiger partial charge is 0.508 e. The number of aliphatic imine (C=N–C) groups is 1. The van der Waals surface area contributed by atoms with Crippen LogP contribution in [-0.4, -0.2) is 36.2 Å². The number of pyridine rings is 1. The fraction of sp³-hybridized carbons (Fsp3) is 0.333. The van der Waals surface area contributed by atoms with Gasteiger partial charge in [0.05, 0.1) is 0 Å². The summed E-state index contributed by atoms with van der Waals surface area (Å²) in [6.45, 7) is 1.62. The van der Waals surface area contributed by atoms with Gasteiger partial charge in [0.15, 0.2) is 5.96 Å². The lowest BCUT2D eigenvalue weighted by atomic mass is 10.1. The molecule has 24 heavy (non-hydrogen) atoms. The molecule has 0 saturated carbocycles. The van der Waals surface area contributed by atoms with Gasteiger partial charge in [-0.2, -0.15) is 0 Å². The number of rotatable bonds is 7. The monoisotopic (exact) mass is 346 g/mol. The van der Waals surface area contributed by atoms with Crippen LogP contribution in [0.1, 0.15) is 17.5 Å². The Labute approximate surface area is 147 Å². The predicted octanol–water partition coefficient (Wildman–Crippen LogP) is 2.78. The summed E-state index contributed by atoms with van der Waals surface area (Å²) in [7, 11) is 1.76. The first-order valence-corrected chi connectivity index (χ1v) is 8.38. The summed E-state index contributed by atoms with van der Waals surface area (Å²) in [4.78, 5) is 8.28. The van der Waals surface area contributed by atoms with Crippen molar-refractivity contribution in [3.63, 3.8) is 0 Å². The van der Waals surface area contributed by atoms with Crippen LogP contribution in [0.25, 0.3) is 0 Å². The van der Waals surface area contributed by atoms with E-state index in [0.29, 0.717) is 10.9 Å². The lowest BCUT2D eigenvalue weighted by molar-refractivity contribution is 0.475. The first kappa shape index (κ1) is 18.1. The number of aryl methyl sites for hydroxylation is 1. The Hall–Kier alpha value is -2.27. The average molecular weight is 347 g/mol. The Kier molecular flexibility index (Phi) is 7.36. The average Bonchev–Trinajstić information content (AvgIpc) is 2.60. The first-order chi connectivity index (χ1) is 11.7. The number of phenols is 1. The normalized spacial score (nSPS) is 11.3. The van der Waals surface area contributed by atoms with Gasteiger partial charge in [0.25, 0.3) is 0 Å². The number of hydrogen-bond donors (Lipinski definition) is 3. The van der Waals surface area contributed by atoms with Crippen molar-refractivity contribution in [3.8, 4) is 5.75 Å². The van der Waals surface area contributed by atoms with Crippen LogP contribution < -0.4 is 10.6 Å². The third kappa shape index (κ3) is 6.46. The van der Waals surface area contributed by atoms with E-state index >= 15 is 0 Å². The highest BCUT2D eigenvalue weighted by molar-refractivity contribution is 6.29. The van der Waals surface area contributed by atoms with Crippen molar-refractivity contribution in [3.05, 3.63) is 58.9 Å². The van der Waals surface area contributed by atoms with Gasteiger partial charge < -0.3 is 15.7 Å². The zero-order valence-electron chi connectivity index (χ0n) is 13.8. The summed E-state index contributed by atoms with van der Waals surface area (Å²) >= 11 is 5.77. The number of aromatic hydroxyl groups is 1. The highest BCUT2D eigenvalue weighted by atomic mass is 35.5. The molecule has 1 aromatic carbocycles. The van der Waals surface area contributed by atoms with Crippen LogP contribution in [0.15, 0.2) is 47.6 Å². The number of phenolic OH excluding ortho intramolecular Hbond substituents is 1. The second kappa shape index (κ2) is 9.78. The van der Waals surface area contributed by atoms with E-state index in [1.165, 1.54) is 5.56 Å². The molecule has 6 heteroatoms. The maximum atomic E-state index is 9.26. The molecule has 0 fully saturated rings. The van der Waals surface area contributed by atoms with Crippen molar-refractivity contribution in [1.82, 2.24) is 15.6 Å². The molecule has 0 spiro atoms. The minimum absolute atomic E-state index is 0.303. The molecule has 1 aromatic heterocycles. The predicted molar refractivity (Wildman–Crippen MR) is 98.7 cm³/mol. The lowest BCUT2D eigenvalue weighted by Gasteiger charge is -2.12. The van der Waals surface area contributed by atoms with E-state index in [1.807, 2.05) is 18.2 Å². The molecule has 2 rings (SSSR count). The third-order valence-electron chi connectivity index (χ3n) is 3.59. The zero-order valence-corrected chi connectivity index (χ0v) is 14.6. The van der Waals surface area contributed by atoms with Crippen molar-refractivity contribution in [2.75, 3.05) is 20.1 Å². The maximum absolute atomic E-state index is 9.26. The highest BCUT2D eigenvalue weighted by Gasteiger charge is 1.99. The third-order valence-corrected chi connectivity index (χ3v) is 3.81. The summed E-state index contributed by atoms with van der Waals surface area (Å²) in [5, 5.41) is 16.4. The van der Waals surface area contributed by atoms with Crippen LogP contribution in [0.4, 0.5) is 0 Å². The number of nitrogens with zero attached hydrogens (tertiary/aromatic N) is 2. The molecule has 3 N–H and O–H groups in total. The van der Waals surface area contributed by atoms with Gasteiger partial charge in [0, 0.05) is 26.3 Å². The van der Waals surface area contributed by atoms with Crippen LogP contribution in [0.5, 0.6) is 5.75 Å². The summed E-state index contributed by atoms with van der Waals surface area (Å²) in [5.41, 5.74) is 2.35. The first-order valence-electron chi connectivity index (χ1n) is 8.00. The number of hydrogen-bond acceptors (Lipinski definition) is 3. The molecule has 2 aromatic rings. The van der Waals surface area contributed by atoms with Gasteiger partial charge in [-0.3, -0.25) is 4.99 Å². The molecule has 1 heterocycles. The lowest BCUT2D eigenvalue weighted by Crippen LogP contribution is -2.38. The molecule has 0 unspecified atom stereocenters. The molecule has 128 valence electrons. The van der Waals surface area contributed by atoms with Crippen LogP contribution >= 0.6 is 11.6 Å². The fourth-order valence-corrected chi connectivity index (χ4v) is 2.37. The minimum Gasteiger partial charge on any atom is -0.508 e. The molecule has 0 radical (unpaired) electrons. The molecular formula is C18H23ClN4O. The summed E-state index contributed by atoms with van der Waals surface area (Å²) in [6, 6.07) is 11.1. The van der Waals surface area contributed by atoms with Gasteiger partial charge in [-0.15, -0.1) is 0 Å². The standard InChI is InChI=1S/C18H23ClN4O/c1-20-18(22-12-10-15-6-9-17(19)23-13-15)21-11-2-3-14-4-7-16(24)8-5-14/h4-9,13,24H,2-3,10-12H2,1H3,(H2,20,21,22). The molecule has 0 bridgehead atoms. The molecule has 0 amide bonds. The van der Waals surface area contributed by atoms with E-state index in [-0.39, 0.29) is 0 Å². The van der Waals surface area contributed by atoms with Gasteiger partial charge in [-0.25, -0.2) is 4.98 Å². The van der Waals surface area contributed by atoms with E-state index in [4.69, 9.17) is 11.6 Å². The molecule has 0 atom stereocenters. The molecule has 0 aliphatic carbocycles.